The van der Waals surface area contributed by atoms with Gasteiger partial charge in [-0.15, -0.1) is 11.3 Å². The highest BCUT2D eigenvalue weighted by molar-refractivity contribution is 7.13. The zero-order valence-electron chi connectivity index (χ0n) is 11.9. The molecule has 4 nitrogen and oxygen atoms in total. The van der Waals surface area contributed by atoms with Gasteiger partial charge in [0, 0.05) is 0 Å². The summed E-state index contributed by atoms with van der Waals surface area (Å²) in [6, 6.07) is 5.57. The lowest BCUT2D eigenvalue weighted by atomic mass is 9.96. The fraction of sp³-hybridized carbons (Fsp3) is 0.333. The molecule has 0 spiro atoms. The lowest BCUT2D eigenvalue weighted by Crippen LogP contribution is -2.38. The monoisotopic (exact) mass is 308 g/mol. The number of hydrogen-bond donors (Lipinski definition) is 2. The smallest absolute Gasteiger partial charge is 0.263 e. The van der Waals surface area contributed by atoms with Gasteiger partial charge in [0.05, 0.1) is 17.7 Å². The van der Waals surface area contributed by atoms with E-state index in [1.165, 1.54) is 41.8 Å². The van der Waals surface area contributed by atoms with Crippen molar-refractivity contribution in [2.24, 2.45) is 0 Å². The van der Waals surface area contributed by atoms with Gasteiger partial charge in [0.15, 0.2) is 0 Å². The van der Waals surface area contributed by atoms with Crippen LogP contribution in [0.25, 0.3) is 0 Å². The van der Waals surface area contributed by atoms with Crippen LogP contribution in [0.3, 0.4) is 0 Å². The zero-order chi connectivity index (χ0) is 15.5. The maximum atomic E-state index is 12.9. The number of carbonyl (C=O) groups excluding carboxylic acids is 1. The molecule has 2 aromatic rings. The fourth-order valence-corrected chi connectivity index (χ4v) is 2.60. The van der Waals surface area contributed by atoms with Gasteiger partial charge in [-0.05, 0) is 31.0 Å². The Kier molecular flexibility index (Phi) is 4.69. The lowest BCUT2D eigenvalue weighted by Gasteiger charge is -2.24. The van der Waals surface area contributed by atoms with Gasteiger partial charge in [-0.25, -0.2) is 9.37 Å². The zero-order valence-corrected chi connectivity index (χ0v) is 12.7. The van der Waals surface area contributed by atoms with Gasteiger partial charge in [0.2, 0.25) is 0 Å². The molecule has 0 aliphatic carbocycles. The predicted octanol–water partition coefficient (Wildman–Crippen LogP) is 2.48. The number of rotatable bonds is 5. The highest BCUT2D eigenvalue weighted by Gasteiger charge is 2.24. The highest BCUT2D eigenvalue weighted by atomic mass is 32.1. The molecule has 0 bridgehead atoms. The summed E-state index contributed by atoms with van der Waals surface area (Å²) in [6.45, 7) is 3.58. The van der Waals surface area contributed by atoms with Crippen LogP contribution in [0, 0.1) is 5.82 Å². The first kappa shape index (κ1) is 15.6. The number of nitrogens with zero attached hydrogens (tertiary/aromatic N) is 1. The van der Waals surface area contributed by atoms with Crippen molar-refractivity contribution in [2.75, 3.05) is 6.54 Å². The van der Waals surface area contributed by atoms with Crippen LogP contribution in [0.4, 0.5) is 4.39 Å². The first-order valence-electron chi connectivity index (χ1n) is 6.63. The minimum absolute atomic E-state index is 0.0385. The maximum Gasteiger partial charge on any atom is 0.263 e. The standard InChI is InChI=1S/C15H17FN2O2S/c1-3-13-17-8-12(21-13)14(19)18-9-15(2,20)10-4-6-11(16)7-5-10/h4-8,20H,3,9H2,1-2H3,(H,18,19). The van der Waals surface area contributed by atoms with E-state index in [0.29, 0.717) is 10.4 Å². The van der Waals surface area contributed by atoms with E-state index in [-0.39, 0.29) is 18.3 Å². The molecule has 2 rings (SSSR count). The molecular formula is C15H17FN2O2S. The number of thiazole rings is 1. The quantitative estimate of drug-likeness (QED) is 0.892. The molecule has 1 amide bonds. The molecule has 1 unspecified atom stereocenters. The van der Waals surface area contributed by atoms with E-state index in [1.807, 2.05) is 6.92 Å². The number of aryl methyl sites for hydroxylation is 1. The van der Waals surface area contributed by atoms with Crippen LogP contribution in [-0.2, 0) is 12.0 Å². The number of aliphatic hydroxyl groups is 1. The summed E-state index contributed by atoms with van der Waals surface area (Å²) in [7, 11) is 0. The fourth-order valence-electron chi connectivity index (χ4n) is 1.83. The Morgan fingerprint density at radius 3 is 2.67 bits per heavy atom. The molecule has 112 valence electrons. The van der Waals surface area contributed by atoms with E-state index in [0.717, 1.165) is 11.4 Å². The van der Waals surface area contributed by atoms with Crippen LogP contribution < -0.4 is 5.32 Å². The molecular weight excluding hydrogens is 291 g/mol. The van der Waals surface area contributed by atoms with E-state index >= 15 is 0 Å². The van der Waals surface area contributed by atoms with Crippen molar-refractivity contribution in [3.05, 3.63) is 51.7 Å². The first-order valence-corrected chi connectivity index (χ1v) is 7.45. The Labute approximate surface area is 126 Å². The molecule has 0 fully saturated rings. The normalized spacial score (nSPS) is 13.7. The van der Waals surface area contributed by atoms with Crippen LogP contribution in [0.2, 0.25) is 0 Å². The Morgan fingerprint density at radius 1 is 1.43 bits per heavy atom. The van der Waals surface area contributed by atoms with Crippen molar-refractivity contribution in [2.45, 2.75) is 25.9 Å². The van der Waals surface area contributed by atoms with Gasteiger partial charge < -0.3 is 10.4 Å². The third-order valence-corrected chi connectivity index (χ3v) is 4.28. The van der Waals surface area contributed by atoms with Crippen molar-refractivity contribution in [3.8, 4) is 0 Å². The topological polar surface area (TPSA) is 62.2 Å². The number of benzene rings is 1. The number of amides is 1. The molecule has 0 aliphatic rings. The van der Waals surface area contributed by atoms with Gasteiger partial charge in [-0.3, -0.25) is 4.79 Å². The second kappa shape index (κ2) is 6.32. The Bertz CT molecular complexity index is 623. The summed E-state index contributed by atoms with van der Waals surface area (Å²) in [4.78, 5) is 16.6. The van der Waals surface area contributed by atoms with Crippen LogP contribution in [0.15, 0.2) is 30.5 Å². The Hall–Kier alpha value is -1.79. The molecule has 0 saturated heterocycles. The van der Waals surface area contributed by atoms with Crippen LogP contribution >= 0.6 is 11.3 Å². The number of carbonyl (C=O) groups is 1. The second-order valence-corrected chi connectivity index (χ2v) is 6.05. The molecule has 1 heterocycles. The molecule has 0 aliphatic heterocycles. The number of hydrogen-bond acceptors (Lipinski definition) is 4. The van der Waals surface area contributed by atoms with E-state index in [4.69, 9.17) is 0 Å². The van der Waals surface area contributed by atoms with E-state index in [1.54, 1.807) is 6.92 Å². The summed E-state index contributed by atoms with van der Waals surface area (Å²) in [5.41, 5.74) is -0.718. The van der Waals surface area contributed by atoms with Crippen molar-refractivity contribution in [3.63, 3.8) is 0 Å². The van der Waals surface area contributed by atoms with E-state index < -0.39 is 5.60 Å². The third-order valence-electron chi connectivity index (χ3n) is 3.14. The average molecular weight is 308 g/mol. The van der Waals surface area contributed by atoms with Gasteiger partial charge in [0.25, 0.3) is 5.91 Å². The van der Waals surface area contributed by atoms with Gasteiger partial charge >= 0.3 is 0 Å². The summed E-state index contributed by atoms with van der Waals surface area (Å²) >= 11 is 1.33. The van der Waals surface area contributed by atoms with Crippen LogP contribution in [0.1, 0.15) is 34.1 Å². The number of aromatic nitrogens is 1. The largest absolute Gasteiger partial charge is 0.384 e. The SMILES string of the molecule is CCc1ncc(C(=O)NCC(C)(O)c2ccc(F)cc2)s1. The lowest BCUT2D eigenvalue weighted by molar-refractivity contribution is 0.0527. The summed E-state index contributed by atoms with van der Waals surface area (Å²) in [5.74, 6) is -0.634. The summed E-state index contributed by atoms with van der Waals surface area (Å²) < 4.78 is 12.9. The van der Waals surface area contributed by atoms with Crippen molar-refractivity contribution in [1.82, 2.24) is 10.3 Å². The first-order chi connectivity index (χ1) is 9.92. The Balaban J connectivity index is 2.00. The molecule has 1 aromatic heterocycles. The van der Waals surface area contributed by atoms with Crippen molar-refractivity contribution < 1.29 is 14.3 Å². The van der Waals surface area contributed by atoms with Crippen LogP contribution in [0.5, 0.6) is 0 Å². The molecule has 6 heteroatoms. The maximum absolute atomic E-state index is 12.9. The summed E-state index contributed by atoms with van der Waals surface area (Å²) in [5, 5.41) is 13.9. The molecule has 21 heavy (non-hydrogen) atoms. The number of halogens is 1. The second-order valence-electron chi connectivity index (χ2n) is 4.94. The minimum Gasteiger partial charge on any atom is -0.384 e. The number of nitrogens with one attached hydrogen (secondary N) is 1. The average Bonchev–Trinajstić information content (AvgIpc) is 2.94. The Morgan fingerprint density at radius 2 is 2.10 bits per heavy atom. The predicted molar refractivity (Wildman–Crippen MR) is 79.8 cm³/mol. The third kappa shape index (κ3) is 3.86. The van der Waals surface area contributed by atoms with Gasteiger partial charge in [-0.2, -0.15) is 0 Å². The molecule has 2 N–H and O–H groups in total. The van der Waals surface area contributed by atoms with E-state index in [9.17, 15) is 14.3 Å². The molecule has 0 saturated carbocycles. The molecule has 1 aromatic carbocycles. The molecule has 0 radical (unpaired) electrons. The van der Waals surface area contributed by atoms with Crippen LogP contribution in [-0.4, -0.2) is 22.5 Å². The van der Waals surface area contributed by atoms with Gasteiger partial charge in [-0.1, -0.05) is 19.1 Å². The summed E-state index contributed by atoms with van der Waals surface area (Å²) in [6.07, 6.45) is 2.32. The minimum atomic E-state index is -1.26. The molecule has 1 atom stereocenters. The van der Waals surface area contributed by atoms with Gasteiger partial charge in [0.1, 0.15) is 16.3 Å². The van der Waals surface area contributed by atoms with Crippen molar-refractivity contribution in [1.29, 1.82) is 0 Å². The van der Waals surface area contributed by atoms with Crippen molar-refractivity contribution >= 4 is 17.2 Å². The van der Waals surface area contributed by atoms with E-state index in [2.05, 4.69) is 10.3 Å². The highest BCUT2D eigenvalue weighted by Crippen LogP contribution is 2.20.